The molecule has 1 aliphatic rings. The standard InChI is InChI=1S/C27H27N3O2S/c1-3-24(31)19-9-11-23-22(16-19)29-27(21-6-4-5-13-28-21)30(23)20-10-8-18(14-20)15-25(32)26-12-7-17(2)33-26/h4-7,9,11-13,16,18,20H,3,8,10,14-15H2,1-2H3/t18-,20+/m1/s1. The van der Waals surface area contributed by atoms with Gasteiger partial charge < -0.3 is 4.57 Å². The molecule has 4 aromatic rings. The van der Waals surface area contributed by atoms with Crippen LogP contribution in [0, 0.1) is 12.8 Å². The van der Waals surface area contributed by atoms with Gasteiger partial charge in [-0.15, -0.1) is 11.3 Å². The van der Waals surface area contributed by atoms with Crippen LogP contribution in [-0.2, 0) is 0 Å². The van der Waals surface area contributed by atoms with Gasteiger partial charge in [0.05, 0.1) is 15.9 Å². The molecule has 5 rings (SSSR count). The van der Waals surface area contributed by atoms with Crippen molar-refractivity contribution in [2.24, 2.45) is 5.92 Å². The van der Waals surface area contributed by atoms with E-state index in [1.807, 2.05) is 62.4 Å². The zero-order valence-corrected chi connectivity index (χ0v) is 19.8. The van der Waals surface area contributed by atoms with Crippen LogP contribution in [0.15, 0.2) is 54.7 Å². The highest BCUT2D eigenvalue weighted by molar-refractivity contribution is 7.14. The summed E-state index contributed by atoms with van der Waals surface area (Å²) in [6, 6.07) is 15.9. The zero-order valence-electron chi connectivity index (χ0n) is 19.0. The van der Waals surface area contributed by atoms with Crippen LogP contribution < -0.4 is 0 Å². The first-order valence-electron chi connectivity index (χ1n) is 11.6. The second-order valence-electron chi connectivity index (χ2n) is 8.87. The Morgan fingerprint density at radius 1 is 1.09 bits per heavy atom. The van der Waals surface area contributed by atoms with E-state index < -0.39 is 0 Å². The molecular formula is C27H27N3O2S. The summed E-state index contributed by atoms with van der Waals surface area (Å²) in [6.45, 7) is 3.91. The van der Waals surface area contributed by atoms with Gasteiger partial charge in [0.25, 0.3) is 0 Å². The Bertz CT molecular complexity index is 1320. The largest absolute Gasteiger partial charge is 0.320 e. The second kappa shape index (κ2) is 9.02. The molecule has 0 aliphatic heterocycles. The van der Waals surface area contributed by atoms with Crippen molar-refractivity contribution in [1.82, 2.24) is 14.5 Å². The number of rotatable bonds is 7. The molecule has 0 amide bonds. The normalized spacial score (nSPS) is 18.1. The summed E-state index contributed by atoms with van der Waals surface area (Å²) >= 11 is 1.58. The van der Waals surface area contributed by atoms with Gasteiger partial charge in [-0.05, 0) is 74.6 Å². The predicted octanol–water partition coefficient (Wildman–Crippen LogP) is 6.68. The smallest absolute Gasteiger partial charge is 0.173 e. The number of imidazole rings is 1. The monoisotopic (exact) mass is 457 g/mol. The van der Waals surface area contributed by atoms with Gasteiger partial charge in [-0.25, -0.2) is 4.98 Å². The average molecular weight is 458 g/mol. The summed E-state index contributed by atoms with van der Waals surface area (Å²) in [6.07, 6.45) is 5.82. The maximum atomic E-state index is 12.8. The molecule has 0 unspecified atom stereocenters. The van der Waals surface area contributed by atoms with Crippen LogP contribution in [0.1, 0.15) is 70.0 Å². The highest BCUT2D eigenvalue weighted by Gasteiger charge is 2.31. The molecule has 5 nitrogen and oxygen atoms in total. The summed E-state index contributed by atoms with van der Waals surface area (Å²) in [7, 11) is 0. The van der Waals surface area contributed by atoms with E-state index in [0.29, 0.717) is 24.3 Å². The van der Waals surface area contributed by atoms with Crippen LogP contribution in [-0.4, -0.2) is 26.1 Å². The third kappa shape index (κ3) is 4.27. The lowest BCUT2D eigenvalue weighted by atomic mass is 10.00. The molecule has 1 aliphatic carbocycles. The number of benzene rings is 1. The molecule has 2 atom stereocenters. The van der Waals surface area contributed by atoms with Gasteiger partial charge in [0.1, 0.15) is 5.69 Å². The van der Waals surface area contributed by atoms with E-state index in [9.17, 15) is 9.59 Å². The SMILES string of the molecule is CCC(=O)c1ccc2c(c1)nc(-c1ccccn1)n2[C@H]1CC[C@@H](CC(=O)c2ccc(C)s2)C1. The number of carbonyl (C=O) groups is 2. The molecule has 0 saturated heterocycles. The minimum atomic E-state index is 0.120. The van der Waals surface area contributed by atoms with Crippen LogP contribution in [0.3, 0.4) is 0 Å². The molecule has 1 saturated carbocycles. The highest BCUT2D eigenvalue weighted by Crippen LogP contribution is 2.41. The maximum absolute atomic E-state index is 12.8. The number of Topliss-reactive ketones (excluding diaryl/α,β-unsaturated/α-hetero) is 2. The molecule has 33 heavy (non-hydrogen) atoms. The number of fused-ring (bicyclic) bond motifs is 1. The predicted molar refractivity (Wildman–Crippen MR) is 132 cm³/mol. The minimum Gasteiger partial charge on any atom is -0.320 e. The molecular weight excluding hydrogens is 430 g/mol. The van der Waals surface area contributed by atoms with E-state index in [1.165, 1.54) is 4.88 Å². The zero-order chi connectivity index (χ0) is 22.9. The van der Waals surface area contributed by atoms with Crippen molar-refractivity contribution < 1.29 is 9.59 Å². The number of hydrogen-bond acceptors (Lipinski definition) is 5. The second-order valence-corrected chi connectivity index (χ2v) is 10.2. The Kier molecular flexibility index (Phi) is 5.94. The van der Waals surface area contributed by atoms with Crippen molar-refractivity contribution >= 4 is 33.9 Å². The summed E-state index contributed by atoms with van der Waals surface area (Å²) in [5, 5.41) is 0. The molecule has 1 aromatic carbocycles. The van der Waals surface area contributed by atoms with Crippen molar-refractivity contribution in [3.05, 3.63) is 70.0 Å². The lowest BCUT2D eigenvalue weighted by Gasteiger charge is -2.17. The van der Waals surface area contributed by atoms with Gasteiger partial charge in [-0.2, -0.15) is 0 Å². The summed E-state index contributed by atoms with van der Waals surface area (Å²) in [4.78, 5) is 36.6. The van der Waals surface area contributed by atoms with Gasteiger partial charge >= 0.3 is 0 Å². The molecule has 0 N–H and O–H groups in total. The van der Waals surface area contributed by atoms with Crippen LogP contribution in [0.2, 0.25) is 0 Å². The van der Waals surface area contributed by atoms with Gasteiger partial charge in [-0.3, -0.25) is 14.6 Å². The van der Waals surface area contributed by atoms with Crippen molar-refractivity contribution in [3.63, 3.8) is 0 Å². The first kappa shape index (κ1) is 21.7. The van der Waals surface area contributed by atoms with Crippen LogP contribution in [0.25, 0.3) is 22.6 Å². The van der Waals surface area contributed by atoms with Gasteiger partial charge in [0.15, 0.2) is 17.4 Å². The third-order valence-corrected chi connectivity index (χ3v) is 7.64. The number of thiophene rings is 1. The number of aromatic nitrogens is 3. The molecule has 0 bridgehead atoms. The average Bonchev–Trinajstić information content (AvgIpc) is 3.56. The highest BCUT2D eigenvalue weighted by atomic mass is 32.1. The van der Waals surface area contributed by atoms with Crippen molar-refractivity contribution in [2.75, 3.05) is 0 Å². The fourth-order valence-corrected chi connectivity index (χ4v) is 5.75. The van der Waals surface area contributed by atoms with E-state index in [0.717, 1.165) is 46.7 Å². The Morgan fingerprint density at radius 3 is 2.70 bits per heavy atom. The summed E-state index contributed by atoms with van der Waals surface area (Å²) in [5.74, 6) is 1.56. The molecule has 3 heterocycles. The van der Waals surface area contributed by atoms with Gasteiger partial charge in [-0.1, -0.05) is 13.0 Å². The van der Waals surface area contributed by atoms with E-state index in [4.69, 9.17) is 4.98 Å². The number of pyridine rings is 1. The van der Waals surface area contributed by atoms with E-state index >= 15 is 0 Å². The summed E-state index contributed by atoms with van der Waals surface area (Å²) in [5.41, 5.74) is 3.37. The van der Waals surface area contributed by atoms with E-state index in [1.54, 1.807) is 17.5 Å². The van der Waals surface area contributed by atoms with Crippen LogP contribution in [0.4, 0.5) is 0 Å². The molecule has 168 valence electrons. The minimum absolute atomic E-state index is 0.120. The first-order valence-corrected chi connectivity index (χ1v) is 12.4. The maximum Gasteiger partial charge on any atom is 0.173 e. The van der Waals surface area contributed by atoms with Gasteiger partial charge in [0, 0.05) is 35.5 Å². The molecule has 3 aromatic heterocycles. The van der Waals surface area contributed by atoms with Crippen molar-refractivity contribution in [3.8, 4) is 11.5 Å². The van der Waals surface area contributed by atoms with Crippen LogP contribution in [0.5, 0.6) is 0 Å². The van der Waals surface area contributed by atoms with Crippen LogP contribution >= 0.6 is 11.3 Å². The number of ketones is 2. The Balaban J connectivity index is 1.47. The number of carbonyl (C=O) groups excluding carboxylic acids is 2. The van der Waals surface area contributed by atoms with E-state index in [2.05, 4.69) is 9.55 Å². The molecule has 6 heteroatoms. The van der Waals surface area contributed by atoms with E-state index in [-0.39, 0.29) is 17.6 Å². The van der Waals surface area contributed by atoms with Crippen molar-refractivity contribution in [2.45, 2.75) is 52.0 Å². The van der Waals surface area contributed by atoms with Crippen molar-refractivity contribution in [1.29, 1.82) is 0 Å². The quantitative estimate of drug-likeness (QED) is 0.291. The third-order valence-electron chi connectivity index (χ3n) is 6.59. The lowest BCUT2D eigenvalue weighted by molar-refractivity contribution is 0.0963. The fourth-order valence-electron chi connectivity index (χ4n) is 4.94. The Labute approximate surface area is 197 Å². The first-order chi connectivity index (χ1) is 16.0. The fraction of sp³-hybridized carbons (Fsp3) is 0.333. The topological polar surface area (TPSA) is 64.8 Å². The number of nitrogens with zero attached hydrogens (tertiary/aromatic N) is 3. The molecule has 1 fully saturated rings. The lowest BCUT2D eigenvalue weighted by Crippen LogP contribution is -2.10. The number of aryl methyl sites for hydroxylation is 1. The molecule has 0 radical (unpaired) electrons. The Hall–Kier alpha value is -3.12. The molecule has 0 spiro atoms. The van der Waals surface area contributed by atoms with Gasteiger partial charge in [0.2, 0.25) is 0 Å². The number of hydrogen-bond donors (Lipinski definition) is 0. The Morgan fingerprint density at radius 2 is 1.97 bits per heavy atom. The summed E-state index contributed by atoms with van der Waals surface area (Å²) < 4.78 is 2.29.